The third-order valence-corrected chi connectivity index (χ3v) is 6.50. The SMILES string of the molecule is CC1OC1COCC(O)C(OCC1OC1C)C(O)C(COCC1OC1C)OCC1OC1C. The van der Waals surface area contributed by atoms with Gasteiger partial charge in [0.05, 0.1) is 64.1 Å². The molecule has 0 amide bonds. The highest BCUT2D eigenvalue weighted by atomic mass is 16.6. The highest BCUT2D eigenvalue weighted by Crippen LogP contribution is 2.26. The maximum atomic E-state index is 11.2. The lowest BCUT2D eigenvalue weighted by molar-refractivity contribution is -0.171. The fourth-order valence-corrected chi connectivity index (χ4v) is 3.64. The quantitative estimate of drug-likeness (QED) is 0.277. The Hall–Kier alpha value is -0.400. The summed E-state index contributed by atoms with van der Waals surface area (Å²) in [5.74, 6) is 0. The van der Waals surface area contributed by atoms with Crippen molar-refractivity contribution < 1.29 is 48.1 Å². The summed E-state index contributed by atoms with van der Waals surface area (Å²) in [4.78, 5) is 0. The van der Waals surface area contributed by atoms with Gasteiger partial charge in [0.25, 0.3) is 0 Å². The van der Waals surface area contributed by atoms with Gasteiger partial charge in [0.15, 0.2) is 0 Å². The van der Waals surface area contributed by atoms with Crippen molar-refractivity contribution >= 4 is 0 Å². The molecule has 0 aromatic carbocycles. The predicted molar refractivity (Wildman–Crippen MR) is 110 cm³/mol. The summed E-state index contributed by atoms with van der Waals surface area (Å²) in [7, 11) is 0. The monoisotopic (exact) mass is 462 g/mol. The molecule has 0 aromatic heterocycles. The molecule has 4 heterocycles. The summed E-state index contributed by atoms with van der Waals surface area (Å²) in [5.41, 5.74) is 0. The van der Waals surface area contributed by atoms with Gasteiger partial charge in [-0.2, -0.15) is 0 Å². The molecule has 0 aromatic rings. The van der Waals surface area contributed by atoms with Crippen LogP contribution in [-0.2, 0) is 37.9 Å². The van der Waals surface area contributed by atoms with Crippen LogP contribution >= 0.6 is 0 Å². The van der Waals surface area contributed by atoms with Crippen molar-refractivity contribution in [2.45, 2.75) is 101 Å². The molecule has 32 heavy (non-hydrogen) atoms. The zero-order valence-corrected chi connectivity index (χ0v) is 19.3. The van der Waals surface area contributed by atoms with Crippen LogP contribution in [0.15, 0.2) is 0 Å². The largest absolute Gasteiger partial charge is 0.388 e. The summed E-state index contributed by atoms with van der Waals surface area (Å²) in [5, 5.41) is 21.9. The zero-order valence-electron chi connectivity index (χ0n) is 19.3. The molecule has 4 aliphatic rings. The van der Waals surface area contributed by atoms with Gasteiger partial charge in [-0.3, -0.25) is 0 Å². The Kier molecular flexibility index (Phi) is 8.42. The molecule has 0 aliphatic carbocycles. The Morgan fingerprint density at radius 3 is 1.50 bits per heavy atom. The molecule has 0 spiro atoms. The van der Waals surface area contributed by atoms with Crippen LogP contribution in [-0.4, -0.2) is 123 Å². The minimum atomic E-state index is -1.13. The summed E-state index contributed by atoms with van der Waals surface area (Å²) in [6, 6.07) is 0. The highest BCUT2D eigenvalue weighted by molar-refractivity contribution is 4.89. The Morgan fingerprint density at radius 2 is 1.03 bits per heavy atom. The molecule has 10 heteroatoms. The fourth-order valence-electron chi connectivity index (χ4n) is 3.64. The maximum Gasteiger partial charge on any atom is 0.114 e. The summed E-state index contributed by atoms with van der Waals surface area (Å²) < 4.78 is 44.7. The number of ether oxygens (including phenoxy) is 8. The van der Waals surface area contributed by atoms with E-state index in [2.05, 4.69) is 0 Å². The number of aliphatic hydroxyl groups is 2. The average molecular weight is 463 g/mol. The molecule has 2 N–H and O–H groups in total. The maximum absolute atomic E-state index is 11.2. The van der Waals surface area contributed by atoms with E-state index in [-0.39, 0.29) is 68.7 Å². The third kappa shape index (κ3) is 7.30. The molecule has 4 saturated heterocycles. The van der Waals surface area contributed by atoms with E-state index in [1.807, 2.05) is 27.7 Å². The zero-order chi connectivity index (χ0) is 22.8. The van der Waals surface area contributed by atoms with Crippen LogP contribution < -0.4 is 0 Å². The van der Waals surface area contributed by atoms with Crippen molar-refractivity contribution in [3.8, 4) is 0 Å². The Bertz CT molecular complexity index is 593. The molecule has 0 radical (unpaired) electrons. The molecular weight excluding hydrogens is 424 g/mol. The molecule has 10 nitrogen and oxygen atoms in total. The highest BCUT2D eigenvalue weighted by Gasteiger charge is 2.42. The van der Waals surface area contributed by atoms with Gasteiger partial charge in [-0.1, -0.05) is 0 Å². The fraction of sp³-hybridized carbons (Fsp3) is 1.00. The normalized spacial score (nSPS) is 41.1. The van der Waals surface area contributed by atoms with Gasteiger partial charge in [0.2, 0.25) is 0 Å². The summed E-state index contributed by atoms with van der Waals surface area (Å²) >= 11 is 0. The number of hydrogen-bond acceptors (Lipinski definition) is 10. The van der Waals surface area contributed by atoms with Crippen LogP contribution in [0.5, 0.6) is 0 Å². The second kappa shape index (κ2) is 10.9. The first-order valence-electron chi connectivity index (χ1n) is 11.7. The number of aliphatic hydroxyl groups excluding tert-OH is 2. The first-order valence-corrected chi connectivity index (χ1v) is 11.7. The van der Waals surface area contributed by atoms with Crippen LogP contribution in [0.25, 0.3) is 0 Å². The van der Waals surface area contributed by atoms with E-state index in [0.29, 0.717) is 19.8 Å². The average Bonchev–Trinajstić information content (AvgIpc) is 3.63. The van der Waals surface area contributed by atoms with Gasteiger partial charge >= 0.3 is 0 Å². The molecule has 12 unspecified atom stereocenters. The minimum Gasteiger partial charge on any atom is -0.388 e. The van der Waals surface area contributed by atoms with E-state index in [9.17, 15) is 10.2 Å². The van der Waals surface area contributed by atoms with E-state index < -0.39 is 24.4 Å². The molecule has 0 bridgehead atoms. The van der Waals surface area contributed by atoms with E-state index in [1.54, 1.807) is 0 Å². The van der Waals surface area contributed by atoms with Crippen molar-refractivity contribution in [1.82, 2.24) is 0 Å². The van der Waals surface area contributed by atoms with Crippen molar-refractivity contribution in [2.75, 3.05) is 39.6 Å². The first kappa shape index (κ1) is 24.7. The number of rotatable bonds is 17. The van der Waals surface area contributed by atoms with E-state index >= 15 is 0 Å². The smallest absolute Gasteiger partial charge is 0.114 e. The van der Waals surface area contributed by atoms with Crippen LogP contribution in [0, 0.1) is 0 Å². The van der Waals surface area contributed by atoms with E-state index in [4.69, 9.17) is 37.9 Å². The lowest BCUT2D eigenvalue weighted by Gasteiger charge is -2.32. The minimum absolute atomic E-state index is 0.00496. The van der Waals surface area contributed by atoms with Crippen LogP contribution in [0.3, 0.4) is 0 Å². The molecular formula is C22H38O10. The van der Waals surface area contributed by atoms with Crippen LogP contribution in [0.1, 0.15) is 27.7 Å². The van der Waals surface area contributed by atoms with Crippen LogP contribution in [0.4, 0.5) is 0 Å². The van der Waals surface area contributed by atoms with Crippen molar-refractivity contribution in [3.63, 3.8) is 0 Å². The Labute approximate surface area is 189 Å². The lowest BCUT2D eigenvalue weighted by Crippen LogP contribution is -2.51. The Morgan fingerprint density at radius 1 is 0.625 bits per heavy atom. The lowest BCUT2D eigenvalue weighted by atomic mass is 10.0. The molecule has 4 rings (SSSR count). The van der Waals surface area contributed by atoms with Gasteiger partial charge in [-0.25, -0.2) is 0 Å². The summed E-state index contributed by atoms with van der Waals surface area (Å²) in [6.45, 7) is 9.45. The van der Waals surface area contributed by atoms with Gasteiger partial charge in [0, 0.05) is 0 Å². The van der Waals surface area contributed by atoms with Gasteiger partial charge < -0.3 is 48.1 Å². The van der Waals surface area contributed by atoms with Gasteiger partial charge in [0.1, 0.15) is 48.8 Å². The van der Waals surface area contributed by atoms with Crippen molar-refractivity contribution in [1.29, 1.82) is 0 Å². The van der Waals surface area contributed by atoms with Crippen LogP contribution in [0.2, 0.25) is 0 Å². The van der Waals surface area contributed by atoms with Crippen molar-refractivity contribution in [2.24, 2.45) is 0 Å². The topological polar surface area (TPSA) is 128 Å². The second-order valence-electron chi connectivity index (χ2n) is 9.32. The summed E-state index contributed by atoms with van der Waals surface area (Å²) in [6.07, 6.45) is -3.10. The van der Waals surface area contributed by atoms with E-state index in [1.165, 1.54) is 0 Å². The standard InChI is InChI=1S/C22H38O10/c1-11-16(29-11)6-25-5-15(23)22(28-10-19-14(4)32-19)21(24)20(27-9-18-13(3)31-18)8-26-7-17-12(2)30-17/h11-24H,5-10H2,1-4H3. The van der Waals surface area contributed by atoms with Gasteiger partial charge in [-0.15, -0.1) is 0 Å². The number of hydrogen-bond donors (Lipinski definition) is 2. The van der Waals surface area contributed by atoms with E-state index in [0.717, 1.165) is 0 Å². The second-order valence-corrected chi connectivity index (χ2v) is 9.32. The van der Waals surface area contributed by atoms with Crippen molar-refractivity contribution in [3.05, 3.63) is 0 Å². The third-order valence-electron chi connectivity index (χ3n) is 6.50. The molecule has 186 valence electrons. The predicted octanol–water partition coefficient (Wildman–Crippen LogP) is -0.339. The molecule has 0 saturated carbocycles. The Balaban J connectivity index is 1.30. The molecule has 12 atom stereocenters. The number of epoxide rings is 4. The molecule has 4 aliphatic heterocycles. The molecule has 4 fully saturated rings. The first-order chi connectivity index (χ1) is 15.3. The van der Waals surface area contributed by atoms with Gasteiger partial charge in [-0.05, 0) is 27.7 Å².